The molecule has 0 spiro atoms. The Balaban J connectivity index is 2.29. The van der Waals surface area contributed by atoms with Crippen LogP contribution in [0.1, 0.15) is 10.5 Å². The number of benzene rings is 1. The number of nitrogens with zero attached hydrogens (tertiary/aromatic N) is 2. The molecule has 6 nitrogen and oxygen atoms in total. The molecule has 5 N–H and O–H groups in total. The largest absolute Gasteiger partial charge is 0.399 e. The van der Waals surface area contributed by atoms with Crippen LogP contribution in [0.3, 0.4) is 0 Å². The lowest BCUT2D eigenvalue weighted by molar-refractivity contribution is 0.0996. The highest BCUT2D eigenvalue weighted by Gasteiger charge is 2.12. The fourth-order valence-corrected chi connectivity index (χ4v) is 1.96. The minimum absolute atomic E-state index is 0.198. The number of anilines is 1. The summed E-state index contributed by atoms with van der Waals surface area (Å²) in [4.78, 5) is 15.4. The highest BCUT2D eigenvalue weighted by molar-refractivity contribution is 5.99. The van der Waals surface area contributed by atoms with Crippen LogP contribution >= 0.6 is 0 Å². The zero-order chi connectivity index (χ0) is 13.4. The van der Waals surface area contributed by atoms with Crippen LogP contribution in [0.5, 0.6) is 0 Å². The number of fused-ring (bicyclic) bond motifs is 1. The van der Waals surface area contributed by atoms with E-state index in [1.54, 1.807) is 24.4 Å². The lowest BCUT2D eigenvalue weighted by Crippen LogP contribution is -2.13. The van der Waals surface area contributed by atoms with Crippen LogP contribution in [0.2, 0.25) is 0 Å². The molecule has 0 aliphatic heterocycles. The van der Waals surface area contributed by atoms with Gasteiger partial charge in [0.05, 0.1) is 6.20 Å². The second kappa shape index (κ2) is 4.09. The summed E-state index contributed by atoms with van der Waals surface area (Å²) in [6, 6.07) is 9.01. The van der Waals surface area contributed by atoms with E-state index in [2.05, 4.69) is 15.2 Å². The standard InChI is InChI=1S/C13H11N5O/c14-8-3-1-7(2-4-8)9-5-11(12(15)19)17-13-10(9)6-16-18-13/h1-6H,14H2,(H2,15,19)(H,16,17,18). The lowest BCUT2D eigenvalue weighted by atomic mass is 10.0. The van der Waals surface area contributed by atoms with Crippen LogP contribution in [0.15, 0.2) is 36.5 Å². The van der Waals surface area contributed by atoms with E-state index in [9.17, 15) is 4.79 Å². The van der Waals surface area contributed by atoms with Gasteiger partial charge in [-0.3, -0.25) is 9.89 Å². The first-order chi connectivity index (χ1) is 9.15. The van der Waals surface area contributed by atoms with E-state index >= 15 is 0 Å². The number of aromatic nitrogens is 3. The number of hydrogen-bond donors (Lipinski definition) is 3. The predicted octanol–water partition coefficient (Wildman–Crippen LogP) is 1.31. The van der Waals surface area contributed by atoms with Gasteiger partial charge in [0, 0.05) is 11.1 Å². The smallest absolute Gasteiger partial charge is 0.267 e. The molecular weight excluding hydrogens is 242 g/mol. The molecule has 0 atom stereocenters. The molecule has 0 saturated heterocycles. The van der Waals surface area contributed by atoms with Gasteiger partial charge in [-0.15, -0.1) is 0 Å². The second-order valence-corrected chi connectivity index (χ2v) is 4.17. The summed E-state index contributed by atoms with van der Waals surface area (Å²) in [6.45, 7) is 0. The van der Waals surface area contributed by atoms with Gasteiger partial charge in [0.15, 0.2) is 5.65 Å². The van der Waals surface area contributed by atoms with Crippen LogP contribution < -0.4 is 11.5 Å². The van der Waals surface area contributed by atoms with Gasteiger partial charge in [0.1, 0.15) is 5.69 Å². The van der Waals surface area contributed by atoms with E-state index in [-0.39, 0.29) is 5.69 Å². The Morgan fingerprint density at radius 3 is 2.63 bits per heavy atom. The van der Waals surface area contributed by atoms with Crippen molar-refractivity contribution in [3.63, 3.8) is 0 Å². The third-order valence-electron chi connectivity index (χ3n) is 2.90. The Hall–Kier alpha value is -2.89. The van der Waals surface area contributed by atoms with Crippen LogP contribution in [0.25, 0.3) is 22.2 Å². The maximum Gasteiger partial charge on any atom is 0.267 e. The molecule has 1 amide bonds. The third-order valence-corrected chi connectivity index (χ3v) is 2.90. The number of aromatic amines is 1. The van der Waals surface area contributed by atoms with Gasteiger partial charge in [0.2, 0.25) is 0 Å². The average Bonchev–Trinajstić information content (AvgIpc) is 2.86. The van der Waals surface area contributed by atoms with Crippen LogP contribution in [-0.2, 0) is 0 Å². The van der Waals surface area contributed by atoms with Gasteiger partial charge in [-0.2, -0.15) is 5.10 Å². The second-order valence-electron chi connectivity index (χ2n) is 4.17. The number of carbonyl (C=O) groups excluding carboxylic acids is 1. The molecule has 3 rings (SSSR count). The molecule has 0 fully saturated rings. The van der Waals surface area contributed by atoms with Gasteiger partial charge in [-0.1, -0.05) is 12.1 Å². The van der Waals surface area contributed by atoms with Crippen molar-refractivity contribution in [2.75, 3.05) is 5.73 Å². The van der Waals surface area contributed by atoms with Crippen molar-refractivity contribution in [1.82, 2.24) is 15.2 Å². The Kier molecular flexibility index (Phi) is 2.42. The van der Waals surface area contributed by atoms with E-state index in [1.807, 2.05) is 12.1 Å². The van der Waals surface area contributed by atoms with E-state index in [4.69, 9.17) is 11.5 Å². The summed E-state index contributed by atoms with van der Waals surface area (Å²) in [7, 11) is 0. The molecule has 0 unspecified atom stereocenters. The lowest BCUT2D eigenvalue weighted by Gasteiger charge is -2.05. The number of nitrogen functional groups attached to an aromatic ring is 1. The van der Waals surface area contributed by atoms with E-state index in [1.165, 1.54) is 0 Å². The van der Waals surface area contributed by atoms with Crippen molar-refractivity contribution in [1.29, 1.82) is 0 Å². The summed E-state index contributed by atoms with van der Waals surface area (Å²) < 4.78 is 0. The third kappa shape index (κ3) is 1.89. The fraction of sp³-hybridized carbons (Fsp3) is 0. The van der Waals surface area contributed by atoms with Crippen molar-refractivity contribution in [3.05, 3.63) is 42.2 Å². The van der Waals surface area contributed by atoms with Crippen molar-refractivity contribution < 1.29 is 4.79 Å². The highest BCUT2D eigenvalue weighted by atomic mass is 16.1. The minimum atomic E-state index is -0.576. The predicted molar refractivity (Wildman–Crippen MR) is 72.3 cm³/mol. The molecule has 6 heteroatoms. The van der Waals surface area contributed by atoms with Gasteiger partial charge < -0.3 is 11.5 Å². The quantitative estimate of drug-likeness (QED) is 0.598. The first-order valence-electron chi connectivity index (χ1n) is 5.65. The summed E-state index contributed by atoms with van der Waals surface area (Å²) >= 11 is 0. The maximum atomic E-state index is 11.3. The molecule has 94 valence electrons. The van der Waals surface area contributed by atoms with Crippen LogP contribution in [-0.4, -0.2) is 21.1 Å². The molecule has 2 aromatic heterocycles. The van der Waals surface area contributed by atoms with Crippen molar-refractivity contribution in [2.24, 2.45) is 5.73 Å². The number of nitrogens with two attached hydrogens (primary N) is 2. The minimum Gasteiger partial charge on any atom is -0.399 e. The Labute approximate surface area is 108 Å². The SMILES string of the molecule is NC(=O)c1cc(-c2ccc(N)cc2)c2cn[nH]c2n1. The van der Waals surface area contributed by atoms with Crippen molar-refractivity contribution in [2.45, 2.75) is 0 Å². The number of carbonyl (C=O) groups is 1. The molecule has 1 aromatic carbocycles. The van der Waals surface area contributed by atoms with Gasteiger partial charge in [-0.05, 0) is 29.3 Å². The molecule has 2 heterocycles. The topological polar surface area (TPSA) is 111 Å². The Morgan fingerprint density at radius 2 is 1.95 bits per heavy atom. The highest BCUT2D eigenvalue weighted by Crippen LogP contribution is 2.28. The van der Waals surface area contributed by atoms with E-state index < -0.39 is 5.91 Å². The van der Waals surface area contributed by atoms with Gasteiger partial charge in [0.25, 0.3) is 5.91 Å². The summed E-state index contributed by atoms with van der Waals surface area (Å²) in [6.07, 6.45) is 1.67. The van der Waals surface area contributed by atoms with Gasteiger partial charge >= 0.3 is 0 Å². The molecule has 3 aromatic rings. The summed E-state index contributed by atoms with van der Waals surface area (Å²) in [5, 5.41) is 7.51. The Bertz CT molecular complexity index is 760. The number of hydrogen-bond acceptors (Lipinski definition) is 4. The van der Waals surface area contributed by atoms with Crippen LogP contribution in [0, 0.1) is 0 Å². The molecule has 0 bridgehead atoms. The van der Waals surface area contributed by atoms with Crippen molar-refractivity contribution in [3.8, 4) is 11.1 Å². The first-order valence-corrected chi connectivity index (χ1v) is 5.65. The Morgan fingerprint density at radius 1 is 1.21 bits per heavy atom. The first kappa shape index (κ1) is 11.2. The molecule has 0 radical (unpaired) electrons. The zero-order valence-electron chi connectivity index (χ0n) is 9.92. The normalized spacial score (nSPS) is 10.7. The molecule has 19 heavy (non-hydrogen) atoms. The number of rotatable bonds is 2. The number of nitrogens with one attached hydrogen (secondary N) is 1. The fourth-order valence-electron chi connectivity index (χ4n) is 1.96. The number of pyridine rings is 1. The van der Waals surface area contributed by atoms with Crippen LogP contribution in [0.4, 0.5) is 5.69 Å². The van der Waals surface area contributed by atoms with E-state index in [0.29, 0.717) is 11.3 Å². The molecule has 0 saturated carbocycles. The molecule has 0 aliphatic rings. The number of amides is 1. The molecule has 0 aliphatic carbocycles. The summed E-state index contributed by atoms with van der Waals surface area (Å²) in [5.41, 5.74) is 14.1. The van der Waals surface area contributed by atoms with Crippen molar-refractivity contribution >= 4 is 22.6 Å². The zero-order valence-corrected chi connectivity index (χ0v) is 9.92. The monoisotopic (exact) mass is 253 g/mol. The summed E-state index contributed by atoms with van der Waals surface area (Å²) in [5.74, 6) is -0.576. The number of H-pyrrole nitrogens is 1. The number of primary amides is 1. The average molecular weight is 253 g/mol. The van der Waals surface area contributed by atoms with Gasteiger partial charge in [-0.25, -0.2) is 4.98 Å². The van der Waals surface area contributed by atoms with E-state index in [0.717, 1.165) is 16.5 Å². The molecular formula is C13H11N5O. The maximum absolute atomic E-state index is 11.3.